The molecule has 3 rings (SSSR count). The predicted molar refractivity (Wildman–Crippen MR) is 46.8 cm³/mol. The summed E-state index contributed by atoms with van der Waals surface area (Å²) in [6, 6.07) is 0.0868. The molecule has 1 saturated heterocycles. The quantitative estimate of drug-likeness (QED) is 0.605. The molecule has 1 fully saturated rings. The molecule has 66 valence electrons. The normalized spacial score (nSPS) is 34.3. The molecular weight excluding hydrogens is 166 g/mol. The molecule has 3 aliphatic rings. The Morgan fingerprint density at radius 3 is 3.38 bits per heavy atom. The fraction of sp³-hybridized carbons (Fsp3) is 0.300. The molecule has 13 heavy (non-hydrogen) atoms. The van der Waals surface area contributed by atoms with Crippen molar-refractivity contribution >= 4 is 6.09 Å². The molecule has 1 amide bonds. The van der Waals surface area contributed by atoms with E-state index >= 15 is 0 Å². The van der Waals surface area contributed by atoms with Gasteiger partial charge in [-0.15, -0.1) is 0 Å². The molecule has 0 saturated carbocycles. The van der Waals surface area contributed by atoms with Gasteiger partial charge in [0.15, 0.2) is 0 Å². The Labute approximate surface area is 75.8 Å². The third-order valence-corrected chi connectivity index (χ3v) is 2.74. The van der Waals surface area contributed by atoms with Crippen LogP contribution in [-0.2, 0) is 4.74 Å². The van der Waals surface area contributed by atoms with Crippen molar-refractivity contribution in [2.24, 2.45) is 5.92 Å². The van der Waals surface area contributed by atoms with Crippen molar-refractivity contribution in [2.45, 2.75) is 12.5 Å². The van der Waals surface area contributed by atoms with E-state index in [0.717, 1.165) is 12.2 Å². The van der Waals surface area contributed by atoms with Crippen molar-refractivity contribution in [2.75, 3.05) is 0 Å². The second-order valence-electron chi connectivity index (χ2n) is 3.50. The largest absolute Gasteiger partial charge is 0.413 e. The lowest BCUT2D eigenvalue weighted by Gasteiger charge is -2.17. The lowest BCUT2D eigenvalue weighted by atomic mass is 9.91. The third-order valence-electron chi connectivity index (χ3n) is 2.74. The fourth-order valence-electron chi connectivity index (χ4n) is 2.13. The number of hydrogen-bond acceptors (Lipinski definition) is 2. The highest BCUT2D eigenvalue weighted by Gasteiger charge is 2.41. The van der Waals surface area contributed by atoms with Gasteiger partial charge in [0.25, 0.3) is 0 Å². The number of allylic oxidation sites excluding steroid dienone is 4. The van der Waals surface area contributed by atoms with Gasteiger partial charge in [0.05, 0.1) is 6.04 Å². The first-order valence-corrected chi connectivity index (χ1v) is 4.41. The van der Waals surface area contributed by atoms with E-state index in [1.807, 2.05) is 12.2 Å². The van der Waals surface area contributed by atoms with Gasteiger partial charge in [-0.3, -0.25) is 0 Å². The number of alkyl carbamates (subject to hydrolysis) is 1. The van der Waals surface area contributed by atoms with Gasteiger partial charge in [-0.1, -0.05) is 18.2 Å². The van der Waals surface area contributed by atoms with Crippen LogP contribution in [0.15, 0.2) is 35.6 Å². The highest BCUT2D eigenvalue weighted by atomic mass is 16.6. The van der Waals surface area contributed by atoms with Crippen molar-refractivity contribution in [1.82, 2.24) is 5.32 Å². The van der Waals surface area contributed by atoms with Gasteiger partial charge >= 0.3 is 6.09 Å². The first kappa shape index (κ1) is 6.95. The molecule has 0 aromatic carbocycles. The predicted octanol–water partition coefficient (Wildman–Crippen LogP) is 1.49. The van der Waals surface area contributed by atoms with E-state index in [1.54, 1.807) is 0 Å². The summed E-state index contributed by atoms with van der Waals surface area (Å²) in [5.74, 6) is 1.18. The van der Waals surface area contributed by atoms with Crippen LogP contribution in [0.1, 0.15) is 6.42 Å². The van der Waals surface area contributed by atoms with Gasteiger partial charge in [-0.05, 0) is 18.1 Å². The molecule has 1 N–H and O–H groups in total. The first-order valence-electron chi connectivity index (χ1n) is 4.41. The fourth-order valence-corrected chi connectivity index (χ4v) is 2.13. The second-order valence-corrected chi connectivity index (χ2v) is 3.50. The van der Waals surface area contributed by atoms with Crippen molar-refractivity contribution in [3.8, 4) is 0 Å². The summed E-state index contributed by atoms with van der Waals surface area (Å²) in [7, 11) is 0. The lowest BCUT2D eigenvalue weighted by Crippen LogP contribution is -2.31. The second kappa shape index (κ2) is 2.25. The minimum Gasteiger partial charge on any atom is -0.413 e. The lowest BCUT2D eigenvalue weighted by molar-refractivity contribution is 0.195. The Bertz CT molecular complexity index is 365. The van der Waals surface area contributed by atoms with Crippen molar-refractivity contribution in [3.05, 3.63) is 35.6 Å². The molecule has 3 heteroatoms. The zero-order valence-electron chi connectivity index (χ0n) is 6.99. The molecule has 1 heterocycles. The smallest absolute Gasteiger partial charge is 0.412 e. The van der Waals surface area contributed by atoms with Gasteiger partial charge in [0.1, 0.15) is 5.76 Å². The SMILES string of the molecule is O=C1NC2C(=CC3=CC=CCC32)O1. The molecule has 0 spiro atoms. The first-order chi connectivity index (χ1) is 6.34. The highest BCUT2D eigenvalue weighted by molar-refractivity contribution is 5.74. The summed E-state index contributed by atoms with van der Waals surface area (Å²) in [6.07, 6.45) is 8.89. The summed E-state index contributed by atoms with van der Waals surface area (Å²) in [6.45, 7) is 0. The van der Waals surface area contributed by atoms with E-state index in [-0.39, 0.29) is 12.1 Å². The van der Waals surface area contributed by atoms with E-state index < -0.39 is 0 Å². The Balaban J connectivity index is 2.01. The summed E-state index contributed by atoms with van der Waals surface area (Å²) in [5, 5.41) is 2.81. The highest BCUT2D eigenvalue weighted by Crippen LogP contribution is 2.38. The van der Waals surface area contributed by atoms with Crippen molar-refractivity contribution in [1.29, 1.82) is 0 Å². The minimum atomic E-state index is -0.315. The number of carbonyl (C=O) groups is 1. The van der Waals surface area contributed by atoms with Crippen LogP contribution in [0.5, 0.6) is 0 Å². The Kier molecular flexibility index (Phi) is 1.20. The zero-order valence-corrected chi connectivity index (χ0v) is 6.99. The van der Waals surface area contributed by atoms with Gasteiger partial charge in [-0.2, -0.15) is 0 Å². The van der Waals surface area contributed by atoms with E-state index in [4.69, 9.17) is 4.74 Å². The number of nitrogens with one attached hydrogen (secondary N) is 1. The molecule has 0 bridgehead atoms. The standard InChI is InChI=1S/C10H9NO2/c12-10-11-9-7-4-2-1-3-6(7)5-8(9)13-10/h1-3,5,7,9H,4H2,(H,11,12). The van der Waals surface area contributed by atoms with Crippen LogP contribution in [0.25, 0.3) is 0 Å². The molecule has 0 aromatic heterocycles. The number of amides is 1. The number of carbonyl (C=O) groups excluding carboxylic acids is 1. The summed E-state index contributed by atoms with van der Waals surface area (Å²) < 4.78 is 5.02. The zero-order chi connectivity index (χ0) is 8.84. The van der Waals surface area contributed by atoms with Gasteiger partial charge in [0.2, 0.25) is 0 Å². The van der Waals surface area contributed by atoms with Crippen LogP contribution in [0.3, 0.4) is 0 Å². The molecular formula is C10H9NO2. The van der Waals surface area contributed by atoms with E-state index in [0.29, 0.717) is 5.92 Å². The molecule has 2 aliphatic carbocycles. The van der Waals surface area contributed by atoms with Crippen molar-refractivity contribution in [3.63, 3.8) is 0 Å². The minimum absolute atomic E-state index is 0.0868. The third kappa shape index (κ3) is 0.869. The molecule has 2 atom stereocenters. The average Bonchev–Trinajstić information content (AvgIpc) is 2.60. The van der Waals surface area contributed by atoms with E-state index in [1.165, 1.54) is 5.57 Å². The molecule has 0 aromatic rings. The Morgan fingerprint density at radius 2 is 2.46 bits per heavy atom. The Hall–Kier alpha value is -1.51. The average molecular weight is 175 g/mol. The van der Waals surface area contributed by atoms with Gasteiger partial charge in [-0.25, -0.2) is 4.79 Å². The molecule has 0 radical (unpaired) electrons. The maximum Gasteiger partial charge on any atom is 0.412 e. The number of fused-ring (bicyclic) bond motifs is 3. The molecule has 2 unspecified atom stereocenters. The van der Waals surface area contributed by atoms with E-state index in [9.17, 15) is 4.79 Å². The topological polar surface area (TPSA) is 38.3 Å². The van der Waals surface area contributed by atoms with Crippen LogP contribution < -0.4 is 5.32 Å². The van der Waals surface area contributed by atoms with Crippen LogP contribution >= 0.6 is 0 Å². The molecule has 1 aliphatic heterocycles. The number of ether oxygens (including phenoxy) is 1. The molecule has 3 nitrogen and oxygen atoms in total. The maximum atomic E-state index is 10.9. The van der Waals surface area contributed by atoms with Crippen molar-refractivity contribution < 1.29 is 9.53 Å². The van der Waals surface area contributed by atoms with Gasteiger partial charge in [0, 0.05) is 5.92 Å². The summed E-state index contributed by atoms with van der Waals surface area (Å²) in [5.41, 5.74) is 1.27. The summed E-state index contributed by atoms with van der Waals surface area (Å²) >= 11 is 0. The summed E-state index contributed by atoms with van der Waals surface area (Å²) in [4.78, 5) is 10.9. The van der Waals surface area contributed by atoms with Crippen LogP contribution in [0.4, 0.5) is 4.79 Å². The number of rotatable bonds is 0. The Morgan fingerprint density at radius 1 is 1.54 bits per heavy atom. The van der Waals surface area contributed by atoms with Crippen LogP contribution in [-0.4, -0.2) is 12.1 Å². The van der Waals surface area contributed by atoms with Crippen LogP contribution in [0, 0.1) is 5.92 Å². The maximum absolute atomic E-state index is 10.9. The van der Waals surface area contributed by atoms with E-state index in [2.05, 4.69) is 17.5 Å². The monoisotopic (exact) mass is 175 g/mol. The number of hydrogen-bond donors (Lipinski definition) is 1. The van der Waals surface area contributed by atoms with Crippen LogP contribution in [0.2, 0.25) is 0 Å². The van der Waals surface area contributed by atoms with Gasteiger partial charge < -0.3 is 10.1 Å².